The Balaban J connectivity index is 1.01. The summed E-state index contributed by atoms with van der Waals surface area (Å²) in [5, 5.41) is 0. The zero-order valence-electron chi connectivity index (χ0n) is 24.5. The van der Waals surface area contributed by atoms with Crippen molar-refractivity contribution in [3.8, 4) is 0 Å². The molecule has 0 unspecified atom stereocenters. The summed E-state index contributed by atoms with van der Waals surface area (Å²) in [6.45, 7) is 6.40. The fourth-order valence-electron chi connectivity index (χ4n) is 9.64. The maximum atomic E-state index is 13.8. The molecule has 3 heteroatoms. The maximum Gasteiger partial charge on any atom is 0.145 e. The highest BCUT2D eigenvalue weighted by Crippen LogP contribution is 2.65. The molecule has 2 spiro atoms. The van der Waals surface area contributed by atoms with Crippen LogP contribution in [0.2, 0.25) is 0 Å². The molecule has 5 aliphatic carbocycles. The second kappa shape index (κ2) is 12.8. The smallest absolute Gasteiger partial charge is 0.145 e. The summed E-state index contributed by atoms with van der Waals surface area (Å²) >= 11 is 0. The number of carbonyl (C=O) groups is 1. The second-order valence-electron chi connectivity index (χ2n) is 14.3. The van der Waals surface area contributed by atoms with Crippen LogP contribution in [0.25, 0.3) is 0 Å². The fourth-order valence-corrected chi connectivity index (χ4v) is 9.64. The van der Waals surface area contributed by atoms with Gasteiger partial charge in [-0.3, -0.25) is 4.79 Å². The highest BCUT2D eigenvalue weighted by molar-refractivity contribution is 5.96. The van der Waals surface area contributed by atoms with E-state index in [9.17, 15) is 4.79 Å². The Morgan fingerprint density at radius 1 is 0.568 bits per heavy atom. The van der Waals surface area contributed by atoms with Crippen molar-refractivity contribution in [1.82, 2.24) is 0 Å². The van der Waals surface area contributed by atoms with Crippen LogP contribution in [0.1, 0.15) is 149 Å². The minimum absolute atomic E-state index is 0.0949. The first-order chi connectivity index (χ1) is 18.1. The highest BCUT2D eigenvalue weighted by atomic mass is 16.5. The van der Waals surface area contributed by atoms with Crippen molar-refractivity contribution in [3.63, 3.8) is 0 Å². The zero-order valence-corrected chi connectivity index (χ0v) is 24.5. The van der Waals surface area contributed by atoms with E-state index in [0.717, 1.165) is 42.7 Å². The molecule has 5 fully saturated rings. The van der Waals surface area contributed by atoms with Crippen molar-refractivity contribution in [2.24, 2.45) is 34.5 Å². The quantitative estimate of drug-likeness (QED) is 0.273. The molecule has 0 aliphatic heterocycles. The molecular weight excluding hydrogens is 456 g/mol. The van der Waals surface area contributed by atoms with Crippen molar-refractivity contribution in [1.29, 1.82) is 0 Å². The Bertz CT molecular complexity index is 641. The number of carbonyl (C=O) groups excluding carboxylic acids is 1. The second-order valence-corrected chi connectivity index (χ2v) is 14.3. The first-order valence-electron chi connectivity index (χ1n) is 16.9. The van der Waals surface area contributed by atoms with Gasteiger partial charge >= 0.3 is 0 Å². The van der Waals surface area contributed by atoms with E-state index in [0.29, 0.717) is 12.2 Å². The predicted octanol–water partition coefficient (Wildman–Crippen LogP) is 9.06. The molecule has 0 aromatic heterocycles. The molecule has 0 radical (unpaired) electrons. The zero-order chi connectivity index (χ0) is 25.7. The number of hydrogen-bond acceptors (Lipinski definition) is 3. The number of ether oxygens (including phenoxy) is 2. The van der Waals surface area contributed by atoms with Gasteiger partial charge in [-0.15, -0.1) is 0 Å². The van der Waals surface area contributed by atoms with Gasteiger partial charge in [-0.05, 0) is 146 Å². The van der Waals surface area contributed by atoms with Gasteiger partial charge in [-0.25, -0.2) is 0 Å². The number of ketones is 1. The first kappa shape index (κ1) is 28.1. The average Bonchev–Trinajstić information content (AvgIpc) is 2.95. The lowest BCUT2D eigenvalue weighted by Crippen LogP contribution is -2.60. The summed E-state index contributed by atoms with van der Waals surface area (Å²) in [4.78, 5) is 13.8. The third kappa shape index (κ3) is 6.34. The summed E-state index contributed by atoms with van der Waals surface area (Å²) in [7, 11) is 0. The molecule has 0 aromatic carbocycles. The van der Waals surface area contributed by atoms with Crippen LogP contribution in [0.3, 0.4) is 0 Å². The van der Waals surface area contributed by atoms with E-state index in [1.807, 2.05) is 0 Å². The summed E-state index contributed by atoms with van der Waals surface area (Å²) < 4.78 is 12.2. The average molecular weight is 515 g/mol. The van der Waals surface area contributed by atoms with Crippen molar-refractivity contribution >= 4 is 5.78 Å². The molecule has 0 amide bonds. The Morgan fingerprint density at radius 3 is 1.24 bits per heavy atom. The van der Waals surface area contributed by atoms with E-state index in [1.54, 1.807) is 0 Å². The van der Waals surface area contributed by atoms with Gasteiger partial charge in [-0.2, -0.15) is 0 Å². The van der Waals surface area contributed by atoms with Crippen molar-refractivity contribution in [2.45, 2.75) is 161 Å². The van der Waals surface area contributed by atoms with Gasteiger partial charge in [0.1, 0.15) is 5.78 Å². The molecule has 5 aliphatic rings. The molecular formula is C34H58O3. The number of hydrogen-bond donors (Lipinski definition) is 0. The van der Waals surface area contributed by atoms with E-state index >= 15 is 0 Å². The first-order valence-corrected chi connectivity index (χ1v) is 16.9. The van der Waals surface area contributed by atoms with Crippen LogP contribution < -0.4 is 0 Å². The summed E-state index contributed by atoms with van der Waals surface area (Å²) in [6.07, 6.45) is 27.8. The molecule has 212 valence electrons. The van der Waals surface area contributed by atoms with E-state index < -0.39 is 0 Å². The Hall–Kier alpha value is -0.410. The molecule has 0 heterocycles. The van der Waals surface area contributed by atoms with Gasteiger partial charge in [0.25, 0.3) is 0 Å². The summed E-state index contributed by atoms with van der Waals surface area (Å²) in [5.41, 5.74) is 0.190. The Morgan fingerprint density at radius 2 is 0.919 bits per heavy atom. The molecule has 0 atom stereocenters. The molecule has 0 aromatic rings. The third-order valence-corrected chi connectivity index (χ3v) is 12.1. The SMILES string of the molecule is CCCCO[C@H]1CC[C@H](C2CCC3(CC2)CC2(CCC([C@H]4CC[C@H](OCCCC)CC4)CC2)C3=O)CC1. The van der Waals surface area contributed by atoms with Crippen molar-refractivity contribution in [3.05, 3.63) is 0 Å². The van der Waals surface area contributed by atoms with Crippen molar-refractivity contribution < 1.29 is 14.3 Å². The Labute approximate surface area is 228 Å². The van der Waals surface area contributed by atoms with Crippen LogP contribution in [0, 0.1) is 34.5 Å². The monoisotopic (exact) mass is 514 g/mol. The number of unbranched alkanes of at least 4 members (excludes halogenated alkanes) is 2. The lowest BCUT2D eigenvalue weighted by atomic mass is 9.42. The largest absolute Gasteiger partial charge is 0.378 e. The highest BCUT2D eigenvalue weighted by Gasteiger charge is 2.63. The van der Waals surface area contributed by atoms with Gasteiger partial charge in [0.2, 0.25) is 0 Å². The third-order valence-electron chi connectivity index (χ3n) is 12.1. The lowest BCUT2D eigenvalue weighted by molar-refractivity contribution is -0.170. The number of rotatable bonds is 10. The van der Waals surface area contributed by atoms with Gasteiger partial charge < -0.3 is 9.47 Å². The minimum atomic E-state index is 0.0949. The van der Waals surface area contributed by atoms with Crippen LogP contribution in [0.15, 0.2) is 0 Å². The molecule has 37 heavy (non-hydrogen) atoms. The molecule has 0 saturated heterocycles. The molecule has 3 nitrogen and oxygen atoms in total. The summed E-state index contributed by atoms with van der Waals surface area (Å²) in [5.74, 6) is 4.27. The van der Waals surface area contributed by atoms with Crippen molar-refractivity contribution in [2.75, 3.05) is 13.2 Å². The Kier molecular flexibility index (Phi) is 9.76. The molecule has 0 N–H and O–H groups in total. The van der Waals surface area contributed by atoms with Crippen LogP contribution in [0.5, 0.6) is 0 Å². The fraction of sp³-hybridized carbons (Fsp3) is 0.971. The molecule has 5 rings (SSSR count). The normalized spacial score (nSPS) is 42.7. The summed E-state index contributed by atoms with van der Waals surface area (Å²) in [6, 6.07) is 0. The van der Waals surface area contributed by atoms with Crippen LogP contribution in [-0.4, -0.2) is 31.2 Å². The van der Waals surface area contributed by atoms with E-state index in [4.69, 9.17) is 9.47 Å². The van der Waals surface area contributed by atoms with Gasteiger partial charge in [0, 0.05) is 24.0 Å². The van der Waals surface area contributed by atoms with Crippen LogP contribution in [0.4, 0.5) is 0 Å². The van der Waals surface area contributed by atoms with Crippen LogP contribution in [-0.2, 0) is 14.3 Å². The maximum absolute atomic E-state index is 13.8. The van der Waals surface area contributed by atoms with Gasteiger partial charge in [0.15, 0.2) is 0 Å². The number of Topliss-reactive ketones (excluding diaryl/α,β-unsaturated/α-hetero) is 1. The lowest BCUT2D eigenvalue weighted by Gasteiger charge is -2.60. The topological polar surface area (TPSA) is 35.5 Å². The van der Waals surface area contributed by atoms with Gasteiger partial charge in [0.05, 0.1) is 12.2 Å². The van der Waals surface area contributed by atoms with E-state index in [2.05, 4.69) is 13.8 Å². The molecule has 5 saturated carbocycles. The molecule has 0 bridgehead atoms. The minimum Gasteiger partial charge on any atom is -0.378 e. The van der Waals surface area contributed by atoms with Crippen LogP contribution >= 0.6 is 0 Å². The standard InChI is InChI=1S/C34H58O3/c1-3-5-23-36-30-11-7-26(8-12-30)28-15-19-33(20-16-28)25-34(32(33)35)21-17-29(18-22-34)27-9-13-31(14-10-27)37-24-6-4-2/h26-31H,3-25H2,1-2H3/t26-,27-,28?,29?,30-,31-,33?,34?. The van der Waals surface area contributed by atoms with Gasteiger partial charge in [-0.1, -0.05) is 26.7 Å². The van der Waals surface area contributed by atoms with E-state index in [1.165, 1.54) is 135 Å². The van der Waals surface area contributed by atoms with E-state index in [-0.39, 0.29) is 10.8 Å². The predicted molar refractivity (Wildman–Crippen MR) is 152 cm³/mol.